The number of amides is 1. The van der Waals surface area contributed by atoms with Gasteiger partial charge in [0, 0.05) is 31.2 Å². The molecule has 1 aromatic heterocycles. The van der Waals surface area contributed by atoms with Crippen LogP contribution in [0.15, 0.2) is 57.8 Å². The Morgan fingerprint density at radius 1 is 1.17 bits per heavy atom. The number of rotatable bonds is 4. The zero-order chi connectivity index (χ0) is 17.3. The maximum atomic E-state index is 12.2. The molecule has 0 fully saturated rings. The average Bonchev–Trinajstić information content (AvgIpc) is 2.98. The minimum atomic E-state index is -1.88. The molecular weight excluding hydrogens is 328 g/mol. The topological polar surface area (TPSA) is 82.8 Å². The summed E-state index contributed by atoms with van der Waals surface area (Å²) < 4.78 is 20.1. The summed E-state index contributed by atoms with van der Waals surface area (Å²) in [6.07, 6.45) is 0. The van der Waals surface area contributed by atoms with Crippen molar-refractivity contribution in [3.05, 3.63) is 54.3 Å². The number of furan rings is 1. The molecule has 124 valence electrons. The largest absolute Gasteiger partial charge is 0.507 e. The van der Waals surface area contributed by atoms with Crippen molar-refractivity contribution >= 4 is 33.5 Å². The number of phenolic OH excluding ortho intramolecular Hbond substituents is 1. The van der Waals surface area contributed by atoms with Crippen LogP contribution in [0.5, 0.6) is 5.75 Å². The minimum Gasteiger partial charge on any atom is -0.507 e. The highest BCUT2D eigenvalue weighted by atomic mass is 32.2. The van der Waals surface area contributed by atoms with E-state index in [0.29, 0.717) is 5.58 Å². The summed E-state index contributed by atoms with van der Waals surface area (Å²) >= 11 is 0. The third kappa shape index (κ3) is 3.11. The summed E-state index contributed by atoms with van der Waals surface area (Å²) in [5, 5.41) is 10.5. The molecule has 0 spiro atoms. The van der Waals surface area contributed by atoms with Gasteiger partial charge in [0.25, 0.3) is 5.91 Å². The van der Waals surface area contributed by atoms with Gasteiger partial charge < -0.3 is 14.4 Å². The summed E-state index contributed by atoms with van der Waals surface area (Å²) in [4.78, 5) is 14.3. The third-order valence-corrected chi connectivity index (χ3v) is 4.61. The molecule has 0 aliphatic rings. The Kier molecular flexibility index (Phi) is 4.26. The van der Waals surface area contributed by atoms with Gasteiger partial charge in [0.05, 0.1) is 0 Å². The molecule has 1 unspecified atom stereocenters. The second-order valence-electron chi connectivity index (χ2n) is 5.39. The van der Waals surface area contributed by atoms with Crippen LogP contribution in [0, 0.1) is 0 Å². The van der Waals surface area contributed by atoms with Gasteiger partial charge in [-0.2, -0.15) is 0 Å². The fourth-order valence-electron chi connectivity index (χ4n) is 2.21. The Hall–Kier alpha value is -2.80. The zero-order valence-electron chi connectivity index (χ0n) is 13.1. The molecule has 0 aliphatic carbocycles. The van der Waals surface area contributed by atoms with Crippen LogP contribution >= 0.6 is 0 Å². The van der Waals surface area contributed by atoms with E-state index in [4.69, 9.17) is 4.42 Å². The number of carbonyl (C=O) groups is 1. The molecule has 2 aromatic carbocycles. The first-order chi connectivity index (χ1) is 11.5. The lowest BCUT2D eigenvalue weighted by Gasteiger charge is -2.11. The fraction of sp³-hybridized carbons (Fsp3) is 0.118. The van der Waals surface area contributed by atoms with E-state index in [9.17, 15) is 14.1 Å². The van der Waals surface area contributed by atoms with Gasteiger partial charge >= 0.3 is 0 Å². The lowest BCUT2D eigenvalue weighted by Crippen LogP contribution is -2.25. The summed E-state index contributed by atoms with van der Waals surface area (Å²) in [6, 6.07) is 13.3. The molecule has 3 aromatic rings. The predicted molar refractivity (Wildman–Crippen MR) is 92.5 cm³/mol. The van der Waals surface area contributed by atoms with Crippen LogP contribution in [0.3, 0.4) is 0 Å². The average molecular weight is 344 g/mol. The monoisotopic (exact) mass is 344 g/mol. The molecule has 1 amide bonds. The maximum Gasteiger partial charge on any atom is 0.298 e. The number of aromatic hydroxyl groups is 1. The van der Waals surface area contributed by atoms with E-state index in [1.54, 1.807) is 18.2 Å². The molecular formula is C17H16N2O4S. The minimum absolute atomic E-state index is 0.0599. The Labute approximate surface area is 141 Å². The van der Waals surface area contributed by atoms with Gasteiger partial charge in [0.1, 0.15) is 16.2 Å². The molecule has 7 heteroatoms. The molecule has 24 heavy (non-hydrogen) atoms. The van der Waals surface area contributed by atoms with Crippen molar-refractivity contribution in [3.8, 4) is 5.75 Å². The third-order valence-electron chi connectivity index (χ3n) is 3.49. The Morgan fingerprint density at radius 3 is 2.62 bits per heavy atom. The van der Waals surface area contributed by atoms with Crippen LogP contribution in [-0.2, 0) is 11.0 Å². The smallest absolute Gasteiger partial charge is 0.298 e. The van der Waals surface area contributed by atoms with Crippen molar-refractivity contribution < 1.29 is 18.5 Å². The summed E-state index contributed by atoms with van der Waals surface area (Å²) in [5.41, 5.74) is 1.52. The van der Waals surface area contributed by atoms with Gasteiger partial charge in [-0.1, -0.05) is 12.1 Å². The van der Waals surface area contributed by atoms with Gasteiger partial charge in [0.2, 0.25) is 0 Å². The molecule has 2 N–H and O–H groups in total. The zero-order valence-corrected chi connectivity index (χ0v) is 14.0. The standard InChI is InChI=1S/C17H16N2O4S/c1-19(2)12-8-7-11-9-15(23-14(11)10-12)17(21)18-24(22)16-6-4-3-5-13(16)20/h3-10,20H,1-2H3,(H,18,21). The van der Waals surface area contributed by atoms with Gasteiger partial charge in [-0.25, -0.2) is 4.21 Å². The van der Waals surface area contributed by atoms with E-state index in [0.717, 1.165) is 11.1 Å². The Bertz CT molecular complexity index is 933. The number of nitrogens with zero attached hydrogens (tertiary/aromatic N) is 1. The van der Waals surface area contributed by atoms with E-state index in [2.05, 4.69) is 4.72 Å². The van der Waals surface area contributed by atoms with Crippen LogP contribution < -0.4 is 9.62 Å². The first-order valence-corrected chi connectivity index (χ1v) is 8.32. The van der Waals surface area contributed by atoms with E-state index < -0.39 is 16.9 Å². The van der Waals surface area contributed by atoms with E-state index in [1.165, 1.54) is 12.1 Å². The van der Waals surface area contributed by atoms with Gasteiger partial charge in [-0.3, -0.25) is 9.52 Å². The van der Waals surface area contributed by atoms with E-state index >= 15 is 0 Å². The highest BCUT2D eigenvalue weighted by Gasteiger charge is 2.17. The molecule has 1 atom stereocenters. The number of benzene rings is 2. The highest BCUT2D eigenvalue weighted by Crippen LogP contribution is 2.25. The first-order valence-electron chi connectivity index (χ1n) is 7.17. The molecule has 0 radical (unpaired) electrons. The number of phenols is 1. The highest BCUT2D eigenvalue weighted by molar-refractivity contribution is 7.83. The number of carbonyl (C=O) groups excluding carboxylic acids is 1. The number of hydrogen-bond donors (Lipinski definition) is 2. The van der Waals surface area contributed by atoms with Crippen LogP contribution in [0.4, 0.5) is 5.69 Å². The molecule has 0 aliphatic heterocycles. The number of anilines is 1. The summed E-state index contributed by atoms with van der Waals surface area (Å²) in [6.45, 7) is 0. The first kappa shape index (κ1) is 16.1. The molecule has 0 saturated heterocycles. The Morgan fingerprint density at radius 2 is 1.92 bits per heavy atom. The molecule has 3 rings (SSSR count). The maximum absolute atomic E-state index is 12.2. The summed E-state index contributed by atoms with van der Waals surface area (Å²) in [5.74, 6) is -0.694. The number of nitrogens with one attached hydrogen (secondary N) is 1. The molecule has 6 nitrogen and oxygen atoms in total. The predicted octanol–water partition coefficient (Wildman–Crippen LogP) is 2.66. The van der Waals surface area contributed by atoms with Crippen molar-refractivity contribution in [1.82, 2.24) is 4.72 Å². The fourth-order valence-corrected chi connectivity index (χ4v) is 3.05. The van der Waals surface area contributed by atoms with Crippen LogP contribution in [0.1, 0.15) is 10.6 Å². The lowest BCUT2D eigenvalue weighted by atomic mass is 10.2. The quantitative estimate of drug-likeness (QED) is 0.760. The van der Waals surface area contributed by atoms with Crippen LogP contribution in [-0.4, -0.2) is 29.3 Å². The molecule has 0 saturated carbocycles. The van der Waals surface area contributed by atoms with Gasteiger partial charge in [0.15, 0.2) is 16.7 Å². The van der Waals surface area contributed by atoms with Gasteiger partial charge in [-0.05, 0) is 30.3 Å². The molecule has 1 heterocycles. The van der Waals surface area contributed by atoms with Crippen molar-refractivity contribution in [2.24, 2.45) is 0 Å². The number of hydrogen-bond acceptors (Lipinski definition) is 5. The normalized spacial score (nSPS) is 12.1. The van der Waals surface area contributed by atoms with Crippen molar-refractivity contribution in [2.45, 2.75) is 4.90 Å². The number of fused-ring (bicyclic) bond motifs is 1. The summed E-state index contributed by atoms with van der Waals surface area (Å²) in [7, 11) is 1.94. The number of para-hydroxylation sites is 1. The van der Waals surface area contributed by atoms with Crippen molar-refractivity contribution in [2.75, 3.05) is 19.0 Å². The lowest BCUT2D eigenvalue weighted by molar-refractivity contribution is 0.0958. The van der Waals surface area contributed by atoms with Crippen LogP contribution in [0.25, 0.3) is 11.0 Å². The molecule has 0 bridgehead atoms. The van der Waals surface area contributed by atoms with E-state index in [1.807, 2.05) is 37.2 Å². The van der Waals surface area contributed by atoms with Crippen molar-refractivity contribution in [3.63, 3.8) is 0 Å². The van der Waals surface area contributed by atoms with Crippen molar-refractivity contribution in [1.29, 1.82) is 0 Å². The SMILES string of the molecule is CN(C)c1ccc2cc(C(=O)NS(=O)c3ccccc3O)oc2c1. The second-order valence-corrected chi connectivity index (χ2v) is 6.58. The van der Waals surface area contributed by atoms with Gasteiger partial charge in [-0.15, -0.1) is 0 Å². The Balaban J connectivity index is 1.84. The second kappa shape index (κ2) is 6.37. The van der Waals surface area contributed by atoms with E-state index in [-0.39, 0.29) is 16.4 Å². The van der Waals surface area contributed by atoms with Crippen LogP contribution in [0.2, 0.25) is 0 Å².